The Balaban J connectivity index is 1.45. The standard InChI is InChI=1S/C25H24ClN3O3S/c26-25(11-16(30)12-25)15-8-14-2-1-6-28-23(14)19(9-15)18-5-7-27-20-10-17(33-24(18)20)13-29-21(31)3-4-22(29)32/h5,7-10,16,28,30H,1-4,6,11-13H2. The maximum atomic E-state index is 12.1. The van der Waals surface area contributed by atoms with Crippen molar-refractivity contribution in [3.63, 3.8) is 0 Å². The lowest BCUT2D eigenvalue weighted by atomic mass is 9.75. The second-order valence-corrected chi connectivity index (χ2v) is 11.1. The third kappa shape index (κ3) is 3.54. The molecular weight excluding hydrogens is 458 g/mol. The first-order valence-corrected chi connectivity index (χ1v) is 12.6. The number of aliphatic hydroxyl groups is 1. The zero-order valence-electron chi connectivity index (χ0n) is 18.1. The van der Waals surface area contributed by atoms with Gasteiger partial charge in [-0.2, -0.15) is 0 Å². The van der Waals surface area contributed by atoms with E-state index in [-0.39, 0.29) is 17.9 Å². The van der Waals surface area contributed by atoms with Gasteiger partial charge in [-0.3, -0.25) is 19.5 Å². The van der Waals surface area contributed by atoms with Crippen molar-refractivity contribution < 1.29 is 14.7 Å². The second kappa shape index (κ2) is 7.79. The molecule has 2 fully saturated rings. The average molecular weight is 482 g/mol. The summed E-state index contributed by atoms with van der Waals surface area (Å²) in [5, 5.41) is 13.5. The summed E-state index contributed by atoms with van der Waals surface area (Å²) in [7, 11) is 0. The molecule has 0 bridgehead atoms. The molecule has 0 atom stereocenters. The molecule has 2 N–H and O–H groups in total. The summed E-state index contributed by atoms with van der Waals surface area (Å²) in [5.74, 6) is -0.210. The number of aryl methyl sites for hydroxylation is 1. The Hall–Kier alpha value is -2.48. The van der Waals surface area contributed by atoms with Crippen molar-refractivity contribution in [3.8, 4) is 11.1 Å². The van der Waals surface area contributed by atoms with Crippen molar-refractivity contribution in [1.82, 2.24) is 9.88 Å². The molecule has 6 nitrogen and oxygen atoms in total. The number of benzene rings is 1. The van der Waals surface area contributed by atoms with Gasteiger partial charge in [-0.15, -0.1) is 22.9 Å². The first-order valence-electron chi connectivity index (χ1n) is 11.4. The molecule has 3 aliphatic rings. The van der Waals surface area contributed by atoms with Crippen LogP contribution < -0.4 is 5.32 Å². The maximum absolute atomic E-state index is 12.1. The molecule has 0 spiro atoms. The lowest BCUT2D eigenvalue weighted by Gasteiger charge is -2.41. The number of rotatable bonds is 4. The van der Waals surface area contributed by atoms with Gasteiger partial charge >= 0.3 is 0 Å². The van der Waals surface area contributed by atoms with Crippen LogP contribution >= 0.6 is 22.9 Å². The fourth-order valence-electron chi connectivity index (χ4n) is 5.23. The number of pyridine rings is 1. The fourth-order valence-corrected chi connectivity index (χ4v) is 6.82. The molecule has 2 amide bonds. The molecular formula is C25H24ClN3O3S. The van der Waals surface area contributed by atoms with Gasteiger partial charge in [0.1, 0.15) is 0 Å². The number of carbonyl (C=O) groups excluding carboxylic acids is 2. The fraction of sp³-hybridized carbons (Fsp3) is 0.400. The van der Waals surface area contributed by atoms with Gasteiger partial charge in [0.2, 0.25) is 11.8 Å². The van der Waals surface area contributed by atoms with E-state index in [4.69, 9.17) is 11.6 Å². The summed E-state index contributed by atoms with van der Waals surface area (Å²) in [5.41, 5.74) is 6.48. The number of nitrogens with zero attached hydrogens (tertiary/aromatic N) is 2. The van der Waals surface area contributed by atoms with E-state index in [1.807, 2.05) is 18.3 Å². The zero-order chi connectivity index (χ0) is 22.7. The molecule has 0 unspecified atom stereocenters. The topological polar surface area (TPSA) is 82.5 Å². The molecule has 0 radical (unpaired) electrons. The smallest absolute Gasteiger partial charge is 0.230 e. The molecule has 2 aliphatic heterocycles. The van der Waals surface area contributed by atoms with Crippen LogP contribution in [-0.2, 0) is 27.4 Å². The normalized spacial score (nSPS) is 24.7. The van der Waals surface area contributed by atoms with Gasteiger partial charge in [0, 0.05) is 47.3 Å². The second-order valence-electron chi connectivity index (χ2n) is 9.27. The SMILES string of the molecule is O=C1CCC(=O)N1Cc1cc2nccc(-c3cc(C4(Cl)CC(O)C4)cc4c3NCCC4)c2s1. The van der Waals surface area contributed by atoms with Crippen molar-refractivity contribution in [3.05, 3.63) is 46.5 Å². The van der Waals surface area contributed by atoms with Gasteiger partial charge in [0.15, 0.2) is 0 Å². The molecule has 2 aromatic heterocycles. The van der Waals surface area contributed by atoms with Crippen LogP contribution in [0.25, 0.3) is 21.3 Å². The summed E-state index contributed by atoms with van der Waals surface area (Å²) in [6, 6.07) is 8.38. The quantitative estimate of drug-likeness (QED) is 0.421. The van der Waals surface area contributed by atoms with Crippen LogP contribution in [0.3, 0.4) is 0 Å². The van der Waals surface area contributed by atoms with Gasteiger partial charge in [0.05, 0.1) is 27.7 Å². The van der Waals surface area contributed by atoms with Gasteiger partial charge in [0.25, 0.3) is 0 Å². The van der Waals surface area contributed by atoms with E-state index in [2.05, 4.69) is 22.4 Å². The number of anilines is 1. The lowest BCUT2D eigenvalue weighted by Crippen LogP contribution is -2.40. The largest absolute Gasteiger partial charge is 0.393 e. The zero-order valence-corrected chi connectivity index (χ0v) is 19.6. The van der Waals surface area contributed by atoms with E-state index in [0.717, 1.165) is 56.9 Å². The van der Waals surface area contributed by atoms with Crippen molar-refractivity contribution in [1.29, 1.82) is 0 Å². The van der Waals surface area contributed by atoms with Crippen LogP contribution in [0.2, 0.25) is 0 Å². The number of thiophene rings is 1. The number of likely N-dealkylation sites (tertiary alicyclic amines) is 1. The number of halogens is 1. The third-order valence-electron chi connectivity index (χ3n) is 7.00. The first-order chi connectivity index (χ1) is 15.9. The minimum Gasteiger partial charge on any atom is -0.393 e. The van der Waals surface area contributed by atoms with E-state index >= 15 is 0 Å². The number of carbonyl (C=O) groups is 2. The minimum atomic E-state index is -0.524. The van der Waals surface area contributed by atoms with E-state index in [1.54, 1.807) is 11.3 Å². The highest BCUT2D eigenvalue weighted by Gasteiger charge is 2.44. The summed E-state index contributed by atoms with van der Waals surface area (Å²) in [6.07, 6.45) is 5.25. The van der Waals surface area contributed by atoms with Crippen LogP contribution in [0.5, 0.6) is 0 Å². The third-order valence-corrected chi connectivity index (χ3v) is 8.67. The summed E-state index contributed by atoms with van der Waals surface area (Å²) < 4.78 is 1.04. The Bertz CT molecular complexity index is 1280. The Morgan fingerprint density at radius 1 is 1.15 bits per heavy atom. The molecule has 1 saturated carbocycles. The number of fused-ring (bicyclic) bond motifs is 2. The highest BCUT2D eigenvalue weighted by molar-refractivity contribution is 7.19. The molecule has 4 heterocycles. The predicted molar refractivity (Wildman–Crippen MR) is 129 cm³/mol. The van der Waals surface area contributed by atoms with Gasteiger partial charge in [-0.05, 0) is 55.0 Å². The number of hydrogen-bond donors (Lipinski definition) is 2. The van der Waals surface area contributed by atoms with E-state index in [9.17, 15) is 14.7 Å². The summed E-state index contributed by atoms with van der Waals surface area (Å²) in [4.78, 5) is 30.5. The van der Waals surface area contributed by atoms with Gasteiger partial charge in [-0.25, -0.2) is 0 Å². The van der Waals surface area contributed by atoms with Crippen LogP contribution in [-0.4, -0.2) is 39.5 Å². The maximum Gasteiger partial charge on any atom is 0.230 e. The van der Waals surface area contributed by atoms with Crippen LogP contribution in [0.15, 0.2) is 30.5 Å². The molecule has 1 aromatic carbocycles. The number of amides is 2. The minimum absolute atomic E-state index is 0.105. The highest BCUT2D eigenvalue weighted by Crippen LogP contribution is 2.50. The molecule has 3 aromatic rings. The van der Waals surface area contributed by atoms with Crippen LogP contribution in [0.4, 0.5) is 5.69 Å². The Morgan fingerprint density at radius 2 is 1.94 bits per heavy atom. The number of hydrogen-bond acceptors (Lipinski definition) is 6. The number of alkyl halides is 1. The summed E-state index contributed by atoms with van der Waals surface area (Å²) >= 11 is 8.50. The Morgan fingerprint density at radius 3 is 2.70 bits per heavy atom. The lowest BCUT2D eigenvalue weighted by molar-refractivity contribution is -0.138. The average Bonchev–Trinajstić information content (AvgIpc) is 3.35. The Labute approximate surface area is 200 Å². The molecule has 1 aliphatic carbocycles. The van der Waals surface area contributed by atoms with Crippen LogP contribution in [0.1, 0.15) is 48.1 Å². The van der Waals surface area contributed by atoms with Crippen molar-refractivity contribution in [2.75, 3.05) is 11.9 Å². The van der Waals surface area contributed by atoms with Crippen LogP contribution in [0, 0.1) is 0 Å². The highest BCUT2D eigenvalue weighted by atomic mass is 35.5. The first kappa shape index (κ1) is 21.1. The molecule has 33 heavy (non-hydrogen) atoms. The summed E-state index contributed by atoms with van der Waals surface area (Å²) in [6.45, 7) is 1.23. The number of imide groups is 1. The van der Waals surface area contributed by atoms with Gasteiger partial charge in [-0.1, -0.05) is 6.07 Å². The van der Waals surface area contributed by atoms with Gasteiger partial charge < -0.3 is 10.4 Å². The van der Waals surface area contributed by atoms with E-state index in [1.165, 1.54) is 10.5 Å². The van der Waals surface area contributed by atoms with E-state index < -0.39 is 4.87 Å². The number of nitrogens with one attached hydrogen (secondary N) is 1. The molecule has 6 rings (SSSR count). The van der Waals surface area contributed by atoms with E-state index in [0.29, 0.717) is 32.2 Å². The monoisotopic (exact) mass is 481 g/mol. The van der Waals surface area contributed by atoms with Crippen molar-refractivity contribution >= 4 is 50.7 Å². The molecule has 8 heteroatoms. The van der Waals surface area contributed by atoms with Crippen molar-refractivity contribution in [2.24, 2.45) is 0 Å². The Kier molecular flexibility index (Phi) is 4.98. The molecule has 1 saturated heterocycles. The predicted octanol–water partition coefficient (Wildman–Crippen LogP) is 4.56. The molecule has 170 valence electrons. The van der Waals surface area contributed by atoms with Crippen molar-refractivity contribution in [2.45, 2.75) is 56.0 Å². The number of aromatic nitrogens is 1. The number of aliphatic hydroxyl groups excluding tert-OH is 1.